The van der Waals surface area contributed by atoms with Crippen molar-refractivity contribution in [2.45, 2.75) is 63.8 Å². The van der Waals surface area contributed by atoms with Crippen molar-refractivity contribution in [3.63, 3.8) is 0 Å². The molecule has 0 saturated carbocycles. The van der Waals surface area contributed by atoms with E-state index in [0.717, 1.165) is 14.9 Å². The molecule has 1 fully saturated rings. The van der Waals surface area contributed by atoms with Crippen LogP contribution in [0.3, 0.4) is 0 Å². The number of aromatic nitrogens is 3. The van der Waals surface area contributed by atoms with E-state index in [1.54, 1.807) is 14.0 Å². The van der Waals surface area contributed by atoms with Crippen molar-refractivity contribution in [1.82, 2.24) is 19.0 Å². The van der Waals surface area contributed by atoms with Gasteiger partial charge in [-0.2, -0.15) is 0 Å². The lowest BCUT2D eigenvalue weighted by atomic mass is 10.1. The summed E-state index contributed by atoms with van der Waals surface area (Å²) in [5.74, 6) is -0.188. The van der Waals surface area contributed by atoms with Gasteiger partial charge in [0.2, 0.25) is 11.8 Å². The Labute approximate surface area is 328 Å². The van der Waals surface area contributed by atoms with Crippen LogP contribution in [-0.2, 0) is 16.1 Å². The third-order valence-corrected chi connectivity index (χ3v) is 16.9. The molecule has 292 valence electrons. The number of fused-ring (bicyclic) bond motifs is 1. The van der Waals surface area contributed by atoms with Gasteiger partial charge >= 0.3 is 5.69 Å². The fourth-order valence-corrected chi connectivity index (χ4v) is 13.0. The van der Waals surface area contributed by atoms with Gasteiger partial charge in [0.15, 0.2) is 0 Å². The van der Waals surface area contributed by atoms with Crippen LogP contribution in [0.2, 0.25) is 5.04 Å². The summed E-state index contributed by atoms with van der Waals surface area (Å²) in [6.07, 6.45) is 3.41. The number of carbonyl (C=O) groups is 1. The number of amides is 1. The summed E-state index contributed by atoms with van der Waals surface area (Å²) in [5.41, 5.74) is -0.307. The summed E-state index contributed by atoms with van der Waals surface area (Å²) in [7, 11) is -0.175. The molecule has 0 aliphatic carbocycles. The topological polar surface area (TPSA) is 129 Å². The van der Waals surface area contributed by atoms with Gasteiger partial charge in [0.05, 0.1) is 30.1 Å². The summed E-state index contributed by atoms with van der Waals surface area (Å²) in [6, 6.07) is 22.7. The van der Waals surface area contributed by atoms with Crippen LogP contribution >= 0.6 is 11.3 Å². The highest BCUT2D eigenvalue weighted by Crippen LogP contribution is 2.41. The lowest BCUT2D eigenvalue weighted by Gasteiger charge is -2.41. The Morgan fingerprint density at radius 1 is 1.05 bits per heavy atom. The Morgan fingerprint density at radius 3 is 2.32 bits per heavy atom. The van der Waals surface area contributed by atoms with Crippen molar-refractivity contribution in [2.75, 3.05) is 27.3 Å². The maximum atomic E-state index is 15.0. The summed E-state index contributed by atoms with van der Waals surface area (Å²) in [4.78, 5) is 61.6. The number of methoxy groups -OCH3 is 1. The highest BCUT2D eigenvalue weighted by atomic mass is 32.1. The van der Waals surface area contributed by atoms with E-state index < -0.39 is 42.6 Å². The van der Waals surface area contributed by atoms with Crippen molar-refractivity contribution >= 4 is 46.2 Å². The molecule has 11 nitrogen and oxygen atoms in total. The number of halogens is 1. The Kier molecular flexibility index (Phi) is 11.0. The van der Waals surface area contributed by atoms with E-state index in [9.17, 15) is 19.2 Å². The molecular formula is C42H45FN4O7SSi. The van der Waals surface area contributed by atoms with E-state index in [4.69, 9.17) is 13.9 Å². The van der Waals surface area contributed by atoms with Gasteiger partial charge in [-0.3, -0.25) is 14.2 Å². The number of aryl methyl sites for hydroxylation is 1. The second kappa shape index (κ2) is 15.8. The molecule has 1 unspecified atom stereocenters. The van der Waals surface area contributed by atoms with Crippen LogP contribution in [0.4, 0.5) is 4.39 Å². The molecule has 14 heteroatoms. The van der Waals surface area contributed by atoms with Gasteiger partial charge in [-0.15, -0.1) is 11.3 Å². The lowest BCUT2D eigenvalue weighted by Crippen LogP contribution is -2.65. The Balaban J connectivity index is 1.28. The monoisotopic (exact) mass is 796 g/mol. The number of rotatable bonds is 14. The minimum absolute atomic E-state index is 0.132. The van der Waals surface area contributed by atoms with E-state index in [1.807, 2.05) is 60.7 Å². The zero-order valence-electron chi connectivity index (χ0n) is 32.0. The minimum atomic E-state index is -3.30. The first-order chi connectivity index (χ1) is 26.9. The Morgan fingerprint density at radius 2 is 1.73 bits per heavy atom. The maximum Gasteiger partial charge on any atom is 0.332 e. The summed E-state index contributed by atoms with van der Waals surface area (Å²) < 4.78 is 35.4. The number of hydrogen-bond acceptors (Lipinski definition) is 9. The molecule has 0 bridgehead atoms. The average Bonchev–Trinajstić information content (AvgIpc) is 3.94. The fraction of sp³-hybridized carbons (Fsp3) is 0.333. The standard InChI is InChI=1S/C42H45FN4O7SSi/c1-27-35-39(49)47(32-19-22-45(4)38(32)48)41(50)46(40(35)55-36(27)37-44-21-24-54-37)26-34(31-25-28(43)17-18-33(31)52-5)53-23-12-20-42(2,3)56(51,29-13-8-6-9-14-29)30-15-10-7-11-16-30/h6-11,13-18,21,24-25,32,34,51H,12,19-20,22-23,26H2,1-5H3/t32?,34-/m0/s1. The van der Waals surface area contributed by atoms with Crippen LogP contribution in [-0.4, -0.2) is 65.3 Å². The number of thiophene rings is 1. The molecule has 1 aliphatic heterocycles. The van der Waals surface area contributed by atoms with Crippen LogP contribution in [0.15, 0.2) is 105 Å². The zero-order chi connectivity index (χ0) is 39.8. The second-order valence-electron chi connectivity index (χ2n) is 14.9. The Hall–Kier alpha value is -5.15. The molecule has 6 aromatic rings. The van der Waals surface area contributed by atoms with Crippen molar-refractivity contribution < 1.29 is 27.9 Å². The van der Waals surface area contributed by atoms with Gasteiger partial charge in [0, 0.05) is 25.8 Å². The number of benzene rings is 3. The van der Waals surface area contributed by atoms with Crippen molar-refractivity contribution in [3.05, 3.63) is 129 Å². The molecule has 4 heterocycles. The minimum Gasteiger partial charge on any atom is -0.496 e. The number of hydrogen-bond donors (Lipinski definition) is 1. The fourth-order valence-electron chi connectivity index (χ4n) is 7.97. The third-order valence-electron chi connectivity index (χ3n) is 11.1. The average molecular weight is 797 g/mol. The zero-order valence-corrected chi connectivity index (χ0v) is 33.8. The van der Waals surface area contributed by atoms with E-state index >= 15 is 4.39 Å². The van der Waals surface area contributed by atoms with Gasteiger partial charge in [-0.1, -0.05) is 74.5 Å². The number of nitrogens with zero attached hydrogens (tertiary/aromatic N) is 4. The van der Waals surface area contributed by atoms with Crippen molar-refractivity contribution in [2.24, 2.45) is 0 Å². The number of likely N-dealkylation sites (tertiary alicyclic amines) is 1. The largest absolute Gasteiger partial charge is 0.496 e. The molecule has 0 radical (unpaired) electrons. The molecule has 3 aromatic heterocycles. The first-order valence-corrected chi connectivity index (χ1v) is 21.4. The van der Waals surface area contributed by atoms with E-state index in [1.165, 1.54) is 58.6 Å². The smallest absolute Gasteiger partial charge is 0.332 e. The molecule has 0 spiro atoms. The molecule has 1 amide bonds. The molecule has 1 aliphatic rings. The first kappa shape index (κ1) is 39.1. The van der Waals surface area contributed by atoms with Crippen LogP contribution in [0, 0.1) is 12.7 Å². The summed E-state index contributed by atoms with van der Waals surface area (Å²) in [6.45, 7) is 6.38. The highest BCUT2D eigenvalue weighted by Gasteiger charge is 2.49. The second-order valence-corrected chi connectivity index (χ2v) is 19.8. The quantitative estimate of drug-likeness (QED) is 0.108. The van der Waals surface area contributed by atoms with Crippen LogP contribution in [0.25, 0.3) is 21.0 Å². The van der Waals surface area contributed by atoms with Crippen LogP contribution in [0.1, 0.15) is 56.4 Å². The number of likely N-dealkylation sites (N-methyl/N-ethyl adjacent to an activating group) is 1. The van der Waals surface area contributed by atoms with Gasteiger partial charge in [0.25, 0.3) is 13.9 Å². The summed E-state index contributed by atoms with van der Waals surface area (Å²) in [5, 5.41) is 1.53. The molecule has 1 saturated heterocycles. The van der Waals surface area contributed by atoms with Crippen LogP contribution in [0.5, 0.6) is 5.75 Å². The third kappa shape index (κ3) is 6.95. The van der Waals surface area contributed by atoms with E-state index in [-0.39, 0.29) is 24.4 Å². The maximum absolute atomic E-state index is 15.0. The first-order valence-electron chi connectivity index (χ1n) is 18.6. The van der Waals surface area contributed by atoms with Gasteiger partial charge in [-0.05, 0) is 65.4 Å². The highest BCUT2D eigenvalue weighted by molar-refractivity contribution is 7.22. The van der Waals surface area contributed by atoms with Gasteiger partial charge in [0.1, 0.15) is 34.8 Å². The normalized spacial score (nSPS) is 15.5. The predicted octanol–water partition coefficient (Wildman–Crippen LogP) is 5.81. The predicted molar refractivity (Wildman–Crippen MR) is 217 cm³/mol. The van der Waals surface area contributed by atoms with E-state index in [2.05, 4.69) is 18.8 Å². The van der Waals surface area contributed by atoms with Gasteiger partial charge < -0.3 is 23.6 Å². The molecule has 56 heavy (non-hydrogen) atoms. The van der Waals surface area contributed by atoms with E-state index in [0.29, 0.717) is 58.3 Å². The van der Waals surface area contributed by atoms with Gasteiger partial charge in [-0.25, -0.2) is 18.7 Å². The lowest BCUT2D eigenvalue weighted by molar-refractivity contribution is -0.129. The molecular weight excluding hydrogens is 752 g/mol. The molecule has 2 atom stereocenters. The number of ether oxygens (including phenoxy) is 2. The molecule has 7 rings (SSSR count). The number of oxazole rings is 1. The SMILES string of the molecule is COc1ccc(F)cc1[C@H](Cn1c(=O)n(C2CCN(C)C2=O)c(=O)c2c(C)c(-c3ncco3)sc21)OCCCC(C)(C)[Si](O)(c1ccccc1)c1ccccc1. The van der Waals surface area contributed by atoms with Crippen molar-refractivity contribution in [3.8, 4) is 16.5 Å². The molecule has 3 aromatic carbocycles. The number of carbonyl (C=O) groups excluding carboxylic acids is 1. The van der Waals surface area contributed by atoms with Crippen LogP contribution < -0.4 is 26.4 Å². The summed E-state index contributed by atoms with van der Waals surface area (Å²) >= 11 is 1.18. The Bertz CT molecular complexity index is 2430. The molecule has 1 N–H and O–H groups in total. The van der Waals surface area contributed by atoms with Crippen molar-refractivity contribution in [1.29, 1.82) is 0 Å².